The van der Waals surface area contributed by atoms with Crippen molar-refractivity contribution in [1.82, 2.24) is 10.3 Å². The van der Waals surface area contributed by atoms with Crippen molar-refractivity contribution in [1.29, 1.82) is 0 Å². The number of ether oxygens (including phenoxy) is 4. The molecule has 0 saturated carbocycles. The predicted molar refractivity (Wildman–Crippen MR) is 108 cm³/mol. The van der Waals surface area contributed by atoms with Crippen LogP contribution in [0.5, 0.6) is 11.5 Å². The molecule has 2 rings (SSSR count). The Kier molecular flexibility index (Phi) is 8.80. The third-order valence-electron chi connectivity index (χ3n) is 4.53. The summed E-state index contributed by atoms with van der Waals surface area (Å²) in [5.41, 5.74) is 2.25. The zero-order valence-corrected chi connectivity index (χ0v) is 17.8. The Morgan fingerprint density at radius 1 is 1.13 bits per heavy atom. The Morgan fingerprint density at radius 2 is 1.87 bits per heavy atom. The highest BCUT2D eigenvalue weighted by Crippen LogP contribution is 2.29. The van der Waals surface area contributed by atoms with Crippen LogP contribution in [-0.2, 0) is 15.9 Å². The van der Waals surface area contributed by atoms with Crippen molar-refractivity contribution >= 4 is 11.9 Å². The summed E-state index contributed by atoms with van der Waals surface area (Å²) in [6, 6.07) is 4.66. The molecule has 1 heterocycles. The number of H-pyrrole nitrogens is 1. The van der Waals surface area contributed by atoms with Gasteiger partial charge in [-0.2, -0.15) is 8.78 Å². The largest absolute Gasteiger partial charge is 0.493 e. The van der Waals surface area contributed by atoms with Gasteiger partial charge in [0.25, 0.3) is 5.91 Å². The second-order valence-electron chi connectivity index (χ2n) is 6.62. The molecule has 0 bridgehead atoms. The number of halogens is 2. The second-order valence-corrected chi connectivity index (χ2v) is 6.62. The molecule has 1 aromatic carbocycles. The van der Waals surface area contributed by atoms with Gasteiger partial charge in [-0.15, -0.1) is 0 Å². The highest BCUT2D eigenvalue weighted by Gasteiger charge is 2.23. The summed E-state index contributed by atoms with van der Waals surface area (Å²) in [5, 5.41) is 2.75. The Bertz CT molecular complexity index is 914. The summed E-state index contributed by atoms with van der Waals surface area (Å²) in [4.78, 5) is 27.7. The highest BCUT2D eigenvalue weighted by molar-refractivity contribution is 6.00. The number of hydrogen-bond acceptors (Lipinski definition) is 6. The number of amides is 1. The smallest absolute Gasteiger partial charge is 0.387 e. The van der Waals surface area contributed by atoms with Crippen LogP contribution in [0, 0.1) is 13.8 Å². The van der Waals surface area contributed by atoms with Gasteiger partial charge in [0, 0.05) is 19.3 Å². The first kappa shape index (κ1) is 24.1. The number of aromatic amines is 1. The number of rotatable bonds is 11. The zero-order valence-electron chi connectivity index (χ0n) is 17.8. The number of benzene rings is 1. The molecule has 1 aromatic heterocycles. The van der Waals surface area contributed by atoms with Crippen LogP contribution < -0.4 is 14.8 Å². The number of carbonyl (C=O) groups excluding carboxylic acids is 2. The third-order valence-corrected chi connectivity index (χ3v) is 4.53. The average molecular weight is 440 g/mol. The van der Waals surface area contributed by atoms with Gasteiger partial charge in [0.05, 0.1) is 19.3 Å². The van der Waals surface area contributed by atoms with Crippen molar-refractivity contribution in [2.24, 2.45) is 0 Å². The number of alkyl halides is 2. The molecule has 0 saturated heterocycles. The molecule has 0 aliphatic heterocycles. The zero-order chi connectivity index (χ0) is 23.0. The molecular weight excluding hydrogens is 414 g/mol. The van der Waals surface area contributed by atoms with Gasteiger partial charge in [0.2, 0.25) is 0 Å². The van der Waals surface area contributed by atoms with E-state index in [4.69, 9.17) is 14.2 Å². The minimum Gasteiger partial charge on any atom is -0.493 e. The maximum absolute atomic E-state index is 12.6. The van der Waals surface area contributed by atoms with Crippen LogP contribution in [0.25, 0.3) is 0 Å². The Balaban J connectivity index is 2.00. The molecule has 31 heavy (non-hydrogen) atoms. The van der Waals surface area contributed by atoms with Crippen molar-refractivity contribution in [3.8, 4) is 11.5 Å². The van der Waals surface area contributed by atoms with E-state index in [2.05, 4.69) is 15.0 Å². The van der Waals surface area contributed by atoms with Crippen molar-refractivity contribution < 1.29 is 37.3 Å². The van der Waals surface area contributed by atoms with Gasteiger partial charge in [-0.05, 0) is 43.5 Å². The van der Waals surface area contributed by atoms with E-state index < -0.39 is 18.5 Å². The summed E-state index contributed by atoms with van der Waals surface area (Å²) in [6.07, 6.45) is 0.375. The van der Waals surface area contributed by atoms with E-state index in [9.17, 15) is 18.4 Å². The summed E-state index contributed by atoms with van der Waals surface area (Å²) < 4.78 is 44.5. The van der Waals surface area contributed by atoms with Crippen molar-refractivity contribution in [3.63, 3.8) is 0 Å². The molecule has 2 aromatic rings. The Labute approximate surface area is 178 Å². The normalized spacial score (nSPS) is 10.8. The first-order valence-electron chi connectivity index (χ1n) is 9.53. The van der Waals surface area contributed by atoms with Gasteiger partial charge in [0.1, 0.15) is 12.3 Å². The van der Waals surface area contributed by atoms with Gasteiger partial charge < -0.3 is 29.2 Å². The van der Waals surface area contributed by atoms with E-state index in [1.165, 1.54) is 26.4 Å². The maximum Gasteiger partial charge on any atom is 0.387 e. The SMILES string of the molecule is COCCOC(=O)c1c(C)[nH]c(C(=O)NCCc2ccc(OC)c(OC(F)F)c2)c1C. The van der Waals surface area contributed by atoms with Gasteiger partial charge in [-0.25, -0.2) is 4.79 Å². The predicted octanol–water partition coefficient (Wildman–Crippen LogP) is 3.02. The second kappa shape index (κ2) is 11.3. The monoisotopic (exact) mass is 440 g/mol. The maximum atomic E-state index is 12.6. The van der Waals surface area contributed by atoms with Crippen LogP contribution in [0.2, 0.25) is 0 Å². The van der Waals surface area contributed by atoms with Crippen LogP contribution in [-0.4, -0.2) is 57.5 Å². The van der Waals surface area contributed by atoms with Crippen molar-refractivity contribution in [2.75, 3.05) is 34.0 Å². The number of methoxy groups -OCH3 is 2. The quantitative estimate of drug-likeness (QED) is 0.412. The lowest BCUT2D eigenvalue weighted by atomic mass is 10.1. The van der Waals surface area contributed by atoms with E-state index in [-0.39, 0.29) is 37.0 Å². The molecule has 1 amide bonds. The molecule has 0 radical (unpaired) electrons. The molecule has 10 heteroatoms. The van der Waals surface area contributed by atoms with E-state index in [1.807, 2.05) is 0 Å². The lowest BCUT2D eigenvalue weighted by Gasteiger charge is -2.12. The molecular formula is C21H26F2N2O6. The van der Waals surface area contributed by atoms with Crippen LogP contribution in [0.3, 0.4) is 0 Å². The summed E-state index contributed by atoms with van der Waals surface area (Å²) in [5.74, 6) is -0.814. The number of aromatic nitrogens is 1. The van der Waals surface area contributed by atoms with Crippen LogP contribution in [0.4, 0.5) is 8.78 Å². The molecule has 8 nitrogen and oxygen atoms in total. The molecule has 170 valence electrons. The number of esters is 1. The minimum absolute atomic E-state index is 0.0752. The van der Waals surface area contributed by atoms with Crippen molar-refractivity contribution in [2.45, 2.75) is 26.9 Å². The number of hydrogen-bond donors (Lipinski definition) is 2. The number of carbonyl (C=O) groups is 2. The van der Waals surface area contributed by atoms with E-state index >= 15 is 0 Å². The summed E-state index contributed by atoms with van der Waals surface area (Å²) in [6.45, 7) is 0.987. The van der Waals surface area contributed by atoms with Gasteiger partial charge in [-0.3, -0.25) is 4.79 Å². The molecule has 0 fully saturated rings. The van der Waals surface area contributed by atoms with Crippen molar-refractivity contribution in [3.05, 3.63) is 46.3 Å². The number of aryl methyl sites for hydroxylation is 1. The Hall–Kier alpha value is -3.14. The molecule has 0 aliphatic rings. The molecule has 2 N–H and O–H groups in total. The van der Waals surface area contributed by atoms with Gasteiger partial charge >= 0.3 is 12.6 Å². The van der Waals surface area contributed by atoms with Crippen LogP contribution in [0.1, 0.15) is 37.7 Å². The van der Waals surface area contributed by atoms with E-state index in [1.54, 1.807) is 19.9 Å². The molecule has 0 atom stereocenters. The fraction of sp³-hybridized carbons (Fsp3) is 0.429. The fourth-order valence-corrected chi connectivity index (χ4v) is 3.05. The standard InChI is InChI=1S/C21H26F2N2O6/c1-12-17(20(27)30-10-9-28-3)13(2)25-18(12)19(26)24-8-7-14-5-6-15(29-4)16(11-14)31-21(22)23/h5-6,11,21,25H,7-10H2,1-4H3,(H,24,26). The summed E-state index contributed by atoms with van der Waals surface area (Å²) >= 11 is 0. The third kappa shape index (κ3) is 6.42. The first-order chi connectivity index (χ1) is 14.8. The van der Waals surface area contributed by atoms with Gasteiger partial charge in [-0.1, -0.05) is 6.07 Å². The topological polar surface area (TPSA) is 98.9 Å². The molecule has 0 unspecified atom stereocenters. The van der Waals surface area contributed by atoms with Crippen LogP contribution in [0.15, 0.2) is 18.2 Å². The van der Waals surface area contributed by atoms with Gasteiger partial charge in [0.15, 0.2) is 11.5 Å². The lowest BCUT2D eigenvalue weighted by molar-refractivity contribution is -0.0512. The Morgan fingerprint density at radius 3 is 2.52 bits per heavy atom. The average Bonchev–Trinajstić information content (AvgIpc) is 3.02. The fourth-order valence-electron chi connectivity index (χ4n) is 3.05. The molecule has 0 aliphatic carbocycles. The lowest BCUT2D eigenvalue weighted by Crippen LogP contribution is -2.26. The van der Waals surface area contributed by atoms with E-state index in [0.29, 0.717) is 28.8 Å². The number of nitrogens with one attached hydrogen (secondary N) is 2. The van der Waals surface area contributed by atoms with E-state index in [0.717, 1.165) is 0 Å². The van der Waals surface area contributed by atoms with Crippen LogP contribution >= 0.6 is 0 Å². The highest BCUT2D eigenvalue weighted by atomic mass is 19.3. The minimum atomic E-state index is -2.97. The summed E-state index contributed by atoms with van der Waals surface area (Å²) in [7, 11) is 2.86. The molecule has 0 spiro atoms. The first-order valence-corrected chi connectivity index (χ1v) is 9.53.